The maximum Gasteiger partial charge on any atom is 0.191 e. The van der Waals surface area contributed by atoms with Crippen LogP contribution in [0.5, 0.6) is 0 Å². The molecule has 20 heavy (non-hydrogen) atoms. The predicted octanol–water partition coefficient (Wildman–Crippen LogP) is 1.47. The molecular formula is C14H12N2O3S. The first-order chi connectivity index (χ1) is 9.47. The molecule has 0 radical (unpaired) electrons. The van der Waals surface area contributed by atoms with Crippen LogP contribution in [0.1, 0.15) is 15.9 Å². The number of aryl methyl sites for hydroxylation is 1. The van der Waals surface area contributed by atoms with Crippen molar-refractivity contribution in [3.05, 3.63) is 53.4 Å². The van der Waals surface area contributed by atoms with Gasteiger partial charge in [0.2, 0.25) is 0 Å². The highest BCUT2D eigenvalue weighted by molar-refractivity contribution is 7.91. The van der Waals surface area contributed by atoms with Crippen molar-refractivity contribution in [2.24, 2.45) is 7.05 Å². The third-order valence-electron chi connectivity index (χ3n) is 3.17. The Bertz CT molecular complexity index is 832. The van der Waals surface area contributed by atoms with Crippen molar-refractivity contribution in [1.29, 1.82) is 0 Å². The van der Waals surface area contributed by atoms with Crippen LogP contribution in [0.4, 0.5) is 0 Å². The Hall–Kier alpha value is -2.21. The first-order valence-corrected chi connectivity index (χ1v) is 7.68. The molecule has 5 nitrogen and oxygen atoms in total. The molecule has 0 aliphatic carbocycles. The topological polar surface area (TPSA) is 69.0 Å². The first kappa shape index (κ1) is 12.8. The van der Waals surface area contributed by atoms with Gasteiger partial charge in [-0.3, -0.25) is 9.48 Å². The van der Waals surface area contributed by atoms with Gasteiger partial charge in [-0.15, -0.1) is 0 Å². The van der Waals surface area contributed by atoms with Gasteiger partial charge in [-0.25, -0.2) is 8.42 Å². The number of rotatable bonds is 1. The molecule has 6 heteroatoms. The average Bonchev–Trinajstić information content (AvgIpc) is 2.81. The van der Waals surface area contributed by atoms with E-state index in [0.29, 0.717) is 5.56 Å². The molecule has 1 aliphatic rings. The number of carbonyl (C=O) groups excluding carboxylic acids is 1. The molecule has 2 heterocycles. The summed E-state index contributed by atoms with van der Waals surface area (Å²) in [6.45, 7) is 0. The molecule has 1 aromatic heterocycles. The smallest absolute Gasteiger partial charge is 0.191 e. The van der Waals surface area contributed by atoms with Crippen molar-refractivity contribution in [2.45, 2.75) is 4.90 Å². The lowest BCUT2D eigenvalue weighted by Crippen LogP contribution is -2.24. The van der Waals surface area contributed by atoms with E-state index in [1.54, 1.807) is 48.4 Å². The van der Waals surface area contributed by atoms with Gasteiger partial charge in [0.1, 0.15) is 0 Å². The predicted molar refractivity (Wildman–Crippen MR) is 74.0 cm³/mol. The SMILES string of the molecule is Cn1cc(C=C2CS(=O)(=O)c3ccccc3C2=O)cn1. The summed E-state index contributed by atoms with van der Waals surface area (Å²) in [5, 5.41) is 4.00. The van der Waals surface area contributed by atoms with Crippen LogP contribution >= 0.6 is 0 Å². The summed E-state index contributed by atoms with van der Waals surface area (Å²) in [4.78, 5) is 12.5. The molecule has 0 fully saturated rings. The molecule has 0 amide bonds. The molecular weight excluding hydrogens is 276 g/mol. The second-order valence-electron chi connectivity index (χ2n) is 4.70. The second-order valence-corrected chi connectivity index (χ2v) is 6.66. The van der Waals surface area contributed by atoms with Crippen molar-refractivity contribution in [1.82, 2.24) is 9.78 Å². The molecule has 1 aliphatic heterocycles. The Morgan fingerprint density at radius 2 is 2.05 bits per heavy atom. The van der Waals surface area contributed by atoms with Crippen molar-refractivity contribution in [2.75, 3.05) is 5.75 Å². The molecule has 0 spiro atoms. The quantitative estimate of drug-likeness (QED) is 0.745. The third kappa shape index (κ3) is 2.08. The van der Waals surface area contributed by atoms with E-state index < -0.39 is 9.84 Å². The lowest BCUT2D eigenvalue weighted by atomic mass is 10.0. The van der Waals surface area contributed by atoms with Crippen molar-refractivity contribution < 1.29 is 13.2 Å². The molecule has 0 saturated carbocycles. The lowest BCUT2D eigenvalue weighted by Gasteiger charge is -2.17. The van der Waals surface area contributed by atoms with E-state index in [2.05, 4.69) is 5.10 Å². The molecule has 0 atom stereocenters. The minimum absolute atomic E-state index is 0.119. The highest BCUT2D eigenvalue weighted by Crippen LogP contribution is 2.28. The number of hydrogen-bond acceptors (Lipinski definition) is 4. The van der Waals surface area contributed by atoms with Crippen LogP contribution in [0.15, 0.2) is 47.1 Å². The second kappa shape index (κ2) is 4.42. The zero-order valence-corrected chi connectivity index (χ0v) is 11.6. The minimum Gasteiger partial charge on any atom is -0.289 e. The molecule has 102 valence electrons. The third-order valence-corrected chi connectivity index (χ3v) is 4.89. The number of aromatic nitrogens is 2. The van der Waals surface area contributed by atoms with Gasteiger partial charge in [-0.2, -0.15) is 5.10 Å². The number of benzene rings is 1. The van der Waals surface area contributed by atoms with Crippen molar-refractivity contribution in [3.8, 4) is 0 Å². The van der Waals surface area contributed by atoms with E-state index in [9.17, 15) is 13.2 Å². The summed E-state index contributed by atoms with van der Waals surface area (Å²) in [6.07, 6.45) is 4.91. The number of Topliss-reactive ketones (excluding diaryl/α,β-unsaturated/α-hetero) is 1. The lowest BCUT2D eigenvalue weighted by molar-refractivity contribution is 0.103. The van der Waals surface area contributed by atoms with Crippen LogP contribution in [-0.4, -0.2) is 29.7 Å². The van der Waals surface area contributed by atoms with Gasteiger partial charge in [0.05, 0.1) is 16.8 Å². The van der Waals surface area contributed by atoms with Crippen LogP contribution < -0.4 is 0 Å². The van der Waals surface area contributed by atoms with Gasteiger partial charge in [0, 0.05) is 29.9 Å². The summed E-state index contributed by atoms with van der Waals surface area (Å²) in [5.41, 5.74) is 1.23. The van der Waals surface area contributed by atoms with E-state index in [0.717, 1.165) is 0 Å². The number of nitrogens with zero attached hydrogens (tertiary/aromatic N) is 2. The Kier molecular flexibility index (Phi) is 2.83. The van der Waals surface area contributed by atoms with Crippen molar-refractivity contribution >= 4 is 21.7 Å². The fraction of sp³-hybridized carbons (Fsp3) is 0.143. The van der Waals surface area contributed by atoms with Crippen LogP contribution in [0.3, 0.4) is 0 Å². The number of sulfone groups is 1. The Labute approximate surface area is 116 Å². The first-order valence-electron chi connectivity index (χ1n) is 6.03. The Balaban J connectivity index is 2.14. The average molecular weight is 288 g/mol. The van der Waals surface area contributed by atoms with Crippen LogP contribution in [0.2, 0.25) is 0 Å². The molecule has 2 aromatic rings. The molecule has 0 unspecified atom stereocenters. The summed E-state index contributed by atoms with van der Waals surface area (Å²) in [7, 11) is -1.69. The summed E-state index contributed by atoms with van der Waals surface area (Å²) in [5.74, 6) is -0.503. The van der Waals surface area contributed by atoms with Crippen LogP contribution in [-0.2, 0) is 16.9 Å². The highest BCUT2D eigenvalue weighted by atomic mass is 32.2. The fourth-order valence-corrected chi connectivity index (χ4v) is 3.83. The zero-order valence-electron chi connectivity index (χ0n) is 10.8. The molecule has 0 N–H and O–H groups in total. The highest BCUT2D eigenvalue weighted by Gasteiger charge is 2.32. The van der Waals surface area contributed by atoms with Crippen LogP contribution in [0.25, 0.3) is 6.08 Å². The maximum atomic E-state index is 12.4. The van der Waals surface area contributed by atoms with E-state index in [-0.39, 0.29) is 27.6 Å². The summed E-state index contributed by atoms with van der Waals surface area (Å²) >= 11 is 0. The molecule has 1 aromatic carbocycles. The van der Waals surface area contributed by atoms with Gasteiger partial charge in [0.25, 0.3) is 0 Å². The van der Waals surface area contributed by atoms with Gasteiger partial charge in [-0.05, 0) is 18.2 Å². The van der Waals surface area contributed by atoms with Gasteiger partial charge in [0.15, 0.2) is 15.6 Å². The maximum absolute atomic E-state index is 12.4. The molecule has 0 saturated heterocycles. The molecule has 3 rings (SSSR count). The number of fused-ring (bicyclic) bond motifs is 1. The normalized spacial score (nSPS) is 19.1. The van der Waals surface area contributed by atoms with Crippen LogP contribution in [0, 0.1) is 0 Å². The monoisotopic (exact) mass is 288 g/mol. The Morgan fingerprint density at radius 3 is 2.75 bits per heavy atom. The van der Waals surface area contributed by atoms with E-state index in [1.807, 2.05) is 0 Å². The fourth-order valence-electron chi connectivity index (χ4n) is 2.27. The van der Waals surface area contributed by atoms with Gasteiger partial charge < -0.3 is 0 Å². The van der Waals surface area contributed by atoms with E-state index >= 15 is 0 Å². The van der Waals surface area contributed by atoms with Gasteiger partial charge >= 0.3 is 0 Å². The largest absolute Gasteiger partial charge is 0.289 e. The minimum atomic E-state index is -3.45. The summed E-state index contributed by atoms with van der Waals surface area (Å²) < 4.78 is 26.0. The summed E-state index contributed by atoms with van der Waals surface area (Å²) in [6, 6.07) is 6.31. The van der Waals surface area contributed by atoms with Gasteiger partial charge in [-0.1, -0.05) is 12.1 Å². The Morgan fingerprint density at radius 1 is 1.30 bits per heavy atom. The van der Waals surface area contributed by atoms with Crippen molar-refractivity contribution in [3.63, 3.8) is 0 Å². The number of ketones is 1. The number of hydrogen-bond donors (Lipinski definition) is 0. The standard InChI is InChI=1S/C14H12N2O3S/c1-16-8-10(7-15-16)6-11-9-20(18,19)13-5-3-2-4-12(13)14(11)17/h2-8H,9H2,1H3. The van der Waals surface area contributed by atoms with E-state index in [4.69, 9.17) is 0 Å². The zero-order chi connectivity index (χ0) is 14.3. The van der Waals surface area contributed by atoms with E-state index in [1.165, 1.54) is 6.07 Å². The number of carbonyl (C=O) groups is 1. The molecule has 0 bridgehead atoms.